The predicted octanol–water partition coefficient (Wildman–Crippen LogP) is 3.87. The minimum absolute atomic E-state index is 0.193. The summed E-state index contributed by atoms with van der Waals surface area (Å²) >= 11 is 1.65. The molecule has 1 heterocycles. The van der Waals surface area contributed by atoms with Crippen LogP contribution >= 0.6 is 11.3 Å². The number of halogens is 1. The monoisotopic (exact) mass is 221 g/mol. The van der Waals surface area contributed by atoms with Crippen LogP contribution in [0.15, 0.2) is 18.2 Å². The van der Waals surface area contributed by atoms with E-state index in [9.17, 15) is 4.39 Å². The molecule has 3 heteroatoms. The number of aromatic nitrogens is 1. The van der Waals surface area contributed by atoms with Crippen molar-refractivity contribution in [3.8, 4) is 10.6 Å². The van der Waals surface area contributed by atoms with Crippen LogP contribution in [-0.2, 0) is 0 Å². The smallest absolute Gasteiger partial charge is 0.124 e. The molecule has 0 unspecified atom stereocenters. The van der Waals surface area contributed by atoms with Gasteiger partial charge >= 0.3 is 0 Å². The lowest BCUT2D eigenvalue weighted by molar-refractivity contribution is 0.627. The second kappa shape index (κ2) is 3.74. The number of hydrogen-bond acceptors (Lipinski definition) is 2. The number of aryl methyl sites for hydroxylation is 3. The zero-order chi connectivity index (χ0) is 11.0. The van der Waals surface area contributed by atoms with Crippen LogP contribution in [0.3, 0.4) is 0 Å². The third-order valence-corrected chi connectivity index (χ3v) is 3.55. The van der Waals surface area contributed by atoms with Gasteiger partial charge in [-0.1, -0.05) is 0 Å². The minimum Gasteiger partial charge on any atom is -0.241 e. The average molecular weight is 221 g/mol. The molecule has 2 aromatic rings. The van der Waals surface area contributed by atoms with Gasteiger partial charge in [-0.2, -0.15) is 0 Å². The molecule has 0 fully saturated rings. The van der Waals surface area contributed by atoms with Crippen molar-refractivity contribution in [3.63, 3.8) is 0 Å². The third-order valence-electron chi connectivity index (χ3n) is 2.45. The van der Waals surface area contributed by atoms with Crippen molar-refractivity contribution in [2.24, 2.45) is 0 Å². The molecule has 0 aliphatic carbocycles. The molecule has 0 bridgehead atoms. The van der Waals surface area contributed by atoms with Crippen LogP contribution in [0.5, 0.6) is 0 Å². The van der Waals surface area contributed by atoms with E-state index in [0.717, 1.165) is 21.8 Å². The van der Waals surface area contributed by atoms with Gasteiger partial charge in [0.2, 0.25) is 0 Å². The first-order chi connectivity index (χ1) is 7.08. The van der Waals surface area contributed by atoms with E-state index in [0.29, 0.717) is 0 Å². The van der Waals surface area contributed by atoms with Crippen molar-refractivity contribution < 1.29 is 4.39 Å². The molecule has 15 heavy (non-hydrogen) atoms. The van der Waals surface area contributed by atoms with Gasteiger partial charge < -0.3 is 0 Å². The van der Waals surface area contributed by atoms with E-state index in [2.05, 4.69) is 11.9 Å². The highest BCUT2D eigenvalue weighted by Crippen LogP contribution is 2.29. The highest BCUT2D eigenvalue weighted by Gasteiger charge is 2.08. The van der Waals surface area contributed by atoms with Gasteiger partial charge in [-0.3, -0.25) is 0 Å². The summed E-state index contributed by atoms with van der Waals surface area (Å²) in [5, 5.41) is 0.975. The van der Waals surface area contributed by atoms with Gasteiger partial charge in [0, 0.05) is 10.4 Å². The summed E-state index contributed by atoms with van der Waals surface area (Å²) in [6, 6.07) is 4.82. The standard InChI is InChI=1S/C12H12FNS/c1-7-6-10(13)4-5-11(7)12-14-8(2)9(3)15-12/h4-6H,1-3H3. The quantitative estimate of drug-likeness (QED) is 0.712. The van der Waals surface area contributed by atoms with Crippen LogP contribution in [0.25, 0.3) is 10.6 Å². The first-order valence-electron chi connectivity index (χ1n) is 4.78. The molecule has 0 aliphatic heterocycles. The molecule has 1 aromatic heterocycles. The second-order valence-corrected chi connectivity index (χ2v) is 4.82. The zero-order valence-corrected chi connectivity index (χ0v) is 9.78. The Balaban J connectivity index is 2.54. The van der Waals surface area contributed by atoms with E-state index < -0.39 is 0 Å². The van der Waals surface area contributed by atoms with E-state index >= 15 is 0 Å². The summed E-state index contributed by atoms with van der Waals surface area (Å²) < 4.78 is 12.9. The van der Waals surface area contributed by atoms with Gasteiger partial charge in [0.15, 0.2) is 0 Å². The van der Waals surface area contributed by atoms with E-state index in [-0.39, 0.29) is 5.82 Å². The van der Waals surface area contributed by atoms with Gasteiger partial charge in [0.1, 0.15) is 10.8 Å². The zero-order valence-electron chi connectivity index (χ0n) is 8.97. The highest BCUT2D eigenvalue weighted by atomic mass is 32.1. The van der Waals surface area contributed by atoms with Crippen molar-refractivity contribution in [2.75, 3.05) is 0 Å². The molecule has 0 radical (unpaired) electrons. The molecule has 0 saturated carbocycles. The molecule has 2 rings (SSSR count). The van der Waals surface area contributed by atoms with Gasteiger partial charge in [-0.15, -0.1) is 11.3 Å². The largest absolute Gasteiger partial charge is 0.241 e. The van der Waals surface area contributed by atoms with Crippen LogP contribution in [0.2, 0.25) is 0 Å². The number of thiazole rings is 1. The lowest BCUT2D eigenvalue weighted by atomic mass is 10.1. The topological polar surface area (TPSA) is 12.9 Å². The Morgan fingerprint density at radius 1 is 1.20 bits per heavy atom. The Bertz CT molecular complexity index is 483. The Morgan fingerprint density at radius 2 is 1.93 bits per heavy atom. The van der Waals surface area contributed by atoms with Crippen molar-refractivity contribution >= 4 is 11.3 Å². The first-order valence-corrected chi connectivity index (χ1v) is 5.60. The predicted molar refractivity (Wildman–Crippen MR) is 61.7 cm³/mol. The average Bonchev–Trinajstić information content (AvgIpc) is 2.46. The van der Waals surface area contributed by atoms with Crippen molar-refractivity contribution in [1.29, 1.82) is 0 Å². The summed E-state index contributed by atoms with van der Waals surface area (Å²) in [6.45, 7) is 5.95. The van der Waals surface area contributed by atoms with E-state index in [1.165, 1.54) is 10.9 Å². The second-order valence-electron chi connectivity index (χ2n) is 3.62. The maximum Gasteiger partial charge on any atom is 0.124 e. The van der Waals surface area contributed by atoms with Crippen LogP contribution < -0.4 is 0 Å². The summed E-state index contributed by atoms with van der Waals surface area (Å²) in [6.07, 6.45) is 0. The lowest BCUT2D eigenvalue weighted by Crippen LogP contribution is -1.84. The summed E-state index contributed by atoms with van der Waals surface area (Å²) in [4.78, 5) is 5.68. The molecule has 1 aromatic carbocycles. The molecular weight excluding hydrogens is 209 g/mol. The maximum absolute atomic E-state index is 12.9. The van der Waals surface area contributed by atoms with Gasteiger partial charge in [-0.05, 0) is 44.5 Å². The maximum atomic E-state index is 12.9. The molecule has 0 atom stereocenters. The summed E-state index contributed by atoms with van der Waals surface area (Å²) in [5.41, 5.74) is 3.01. The van der Waals surface area contributed by atoms with Gasteiger partial charge in [0.25, 0.3) is 0 Å². The molecule has 78 valence electrons. The summed E-state index contributed by atoms with van der Waals surface area (Å²) in [5.74, 6) is -0.193. The molecule has 0 N–H and O–H groups in total. The fourth-order valence-corrected chi connectivity index (χ4v) is 2.46. The number of benzene rings is 1. The molecule has 0 amide bonds. The first kappa shape index (κ1) is 10.3. The van der Waals surface area contributed by atoms with Crippen molar-refractivity contribution in [2.45, 2.75) is 20.8 Å². The van der Waals surface area contributed by atoms with Gasteiger partial charge in [-0.25, -0.2) is 9.37 Å². The Labute approximate surface area is 92.6 Å². The van der Waals surface area contributed by atoms with Crippen LogP contribution in [0.1, 0.15) is 16.1 Å². The van der Waals surface area contributed by atoms with E-state index in [4.69, 9.17) is 0 Å². The van der Waals surface area contributed by atoms with Crippen LogP contribution in [-0.4, -0.2) is 4.98 Å². The highest BCUT2D eigenvalue weighted by molar-refractivity contribution is 7.15. The molecular formula is C12H12FNS. The molecule has 0 aliphatic rings. The SMILES string of the molecule is Cc1cc(F)ccc1-c1nc(C)c(C)s1. The Hall–Kier alpha value is -1.22. The van der Waals surface area contributed by atoms with Crippen molar-refractivity contribution in [3.05, 3.63) is 40.2 Å². The van der Waals surface area contributed by atoms with Crippen LogP contribution in [0.4, 0.5) is 4.39 Å². The molecule has 0 saturated heterocycles. The van der Waals surface area contributed by atoms with Crippen LogP contribution in [0, 0.1) is 26.6 Å². The fourth-order valence-electron chi connectivity index (χ4n) is 1.45. The van der Waals surface area contributed by atoms with E-state index in [1.807, 2.05) is 13.8 Å². The summed E-state index contributed by atoms with van der Waals surface area (Å²) in [7, 11) is 0. The normalized spacial score (nSPS) is 10.7. The molecule has 0 spiro atoms. The number of rotatable bonds is 1. The Morgan fingerprint density at radius 3 is 2.47 bits per heavy atom. The third kappa shape index (κ3) is 1.92. The van der Waals surface area contributed by atoms with E-state index in [1.54, 1.807) is 23.5 Å². The fraction of sp³-hybridized carbons (Fsp3) is 0.250. The Kier molecular flexibility index (Phi) is 2.57. The molecule has 1 nitrogen and oxygen atoms in total. The van der Waals surface area contributed by atoms with Crippen molar-refractivity contribution in [1.82, 2.24) is 4.98 Å². The minimum atomic E-state index is -0.193. The lowest BCUT2D eigenvalue weighted by Gasteiger charge is -2.01. The van der Waals surface area contributed by atoms with Gasteiger partial charge in [0.05, 0.1) is 5.69 Å². The number of nitrogens with zero attached hydrogens (tertiary/aromatic N) is 1. The number of hydrogen-bond donors (Lipinski definition) is 0.